The van der Waals surface area contributed by atoms with Crippen LogP contribution in [0.2, 0.25) is 0 Å². The summed E-state index contributed by atoms with van der Waals surface area (Å²) < 4.78 is 38.1. The van der Waals surface area contributed by atoms with E-state index in [1.54, 1.807) is 26.0 Å². The zero-order valence-electron chi connectivity index (χ0n) is 13.2. The Bertz CT molecular complexity index is 745. The Kier molecular flexibility index (Phi) is 5.23. The van der Waals surface area contributed by atoms with Gasteiger partial charge in [0.25, 0.3) is 5.91 Å². The van der Waals surface area contributed by atoms with Crippen LogP contribution < -0.4 is 5.32 Å². The second kappa shape index (κ2) is 7.00. The first kappa shape index (κ1) is 17.9. The van der Waals surface area contributed by atoms with E-state index in [0.29, 0.717) is 11.3 Å². The largest absolute Gasteiger partial charge is 0.416 e. The van der Waals surface area contributed by atoms with E-state index in [1.807, 2.05) is 0 Å². The van der Waals surface area contributed by atoms with Gasteiger partial charge in [0.2, 0.25) is 0 Å². The minimum absolute atomic E-state index is 0.0869. The van der Waals surface area contributed by atoms with Crippen molar-refractivity contribution in [3.05, 3.63) is 64.5 Å². The van der Waals surface area contributed by atoms with E-state index in [0.717, 1.165) is 17.8 Å². The molecule has 2 aromatic rings. The number of hydrogen-bond acceptors (Lipinski definition) is 3. The van der Waals surface area contributed by atoms with Crippen LogP contribution in [0.25, 0.3) is 0 Å². The van der Waals surface area contributed by atoms with Crippen molar-refractivity contribution in [2.75, 3.05) is 6.54 Å². The van der Waals surface area contributed by atoms with Gasteiger partial charge in [-0.1, -0.05) is 12.1 Å². The molecule has 0 aliphatic rings. The van der Waals surface area contributed by atoms with Crippen LogP contribution in [0.15, 0.2) is 36.4 Å². The molecular weight excluding hydrogens is 321 g/mol. The van der Waals surface area contributed by atoms with Gasteiger partial charge in [0, 0.05) is 12.2 Å². The van der Waals surface area contributed by atoms with Gasteiger partial charge in [-0.25, -0.2) is 0 Å². The summed E-state index contributed by atoms with van der Waals surface area (Å²) in [7, 11) is 0. The number of rotatable bonds is 4. The SMILES string of the molecule is Cc1ccc(C(=O)NC[C@@H](O)c2cccc(C(F)(F)F)c2)c(C)n1. The lowest BCUT2D eigenvalue weighted by Gasteiger charge is -2.15. The number of nitrogens with zero attached hydrogens (tertiary/aromatic N) is 1. The average Bonchev–Trinajstić information content (AvgIpc) is 2.51. The van der Waals surface area contributed by atoms with Gasteiger partial charge < -0.3 is 10.4 Å². The first-order valence-electron chi connectivity index (χ1n) is 7.26. The summed E-state index contributed by atoms with van der Waals surface area (Å²) in [6.07, 6.45) is -5.72. The summed E-state index contributed by atoms with van der Waals surface area (Å²) in [5.41, 5.74) is 0.916. The number of pyridine rings is 1. The summed E-state index contributed by atoms with van der Waals surface area (Å²) in [4.78, 5) is 16.3. The van der Waals surface area contributed by atoms with Gasteiger partial charge in [0.05, 0.1) is 22.9 Å². The Morgan fingerprint density at radius 3 is 2.58 bits per heavy atom. The van der Waals surface area contributed by atoms with Crippen molar-refractivity contribution in [1.29, 1.82) is 0 Å². The van der Waals surface area contributed by atoms with Gasteiger partial charge in [0.1, 0.15) is 0 Å². The van der Waals surface area contributed by atoms with E-state index in [-0.39, 0.29) is 12.1 Å². The van der Waals surface area contributed by atoms with Crippen LogP contribution in [0, 0.1) is 13.8 Å². The normalized spacial score (nSPS) is 12.8. The molecule has 24 heavy (non-hydrogen) atoms. The number of aliphatic hydroxyl groups excluding tert-OH is 1. The third kappa shape index (κ3) is 4.32. The Morgan fingerprint density at radius 2 is 1.96 bits per heavy atom. The Balaban J connectivity index is 2.05. The van der Waals surface area contributed by atoms with E-state index < -0.39 is 23.8 Å². The maximum Gasteiger partial charge on any atom is 0.416 e. The molecule has 0 aliphatic carbocycles. The van der Waals surface area contributed by atoms with Gasteiger partial charge in [0.15, 0.2) is 0 Å². The third-order valence-electron chi connectivity index (χ3n) is 3.52. The number of carbonyl (C=O) groups excluding carboxylic acids is 1. The number of hydrogen-bond donors (Lipinski definition) is 2. The topological polar surface area (TPSA) is 62.2 Å². The number of alkyl halides is 3. The first-order chi connectivity index (χ1) is 11.2. The fourth-order valence-electron chi connectivity index (χ4n) is 2.25. The van der Waals surface area contributed by atoms with Crippen LogP contribution in [-0.2, 0) is 6.18 Å². The number of benzene rings is 1. The average molecular weight is 338 g/mol. The number of aryl methyl sites for hydroxylation is 2. The van der Waals surface area contributed by atoms with E-state index in [1.165, 1.54) is 12.1 Å². The van der Waals surface area contributed by atoms with E-state index in [2.05, 4.69) is 10.3 Å². The van der Waals surface area contributed by atoms with Crippen LogP contribution in [0.3, 0.4) is 0 Å². The molecule has 128 valence electrons. The molecular formula is C17H17F3N2O2. The molecule has 0 aliphatic heterocycles. The molecule has 0 unspecified atom stereocenters. The monoisotopic (exact) mass is 338 g/mol. The Hall–Kier alpha value is -2.41. The summed E-state index contributed by atoms with van der Waals surface area (Å²) in [6.45, 7) is 3.28. The fraction of sp³-hybridized carbons (Fsp3) is 0.294. The molecule has 0 saturated carbocycles. The van der Waals surface area contributed by atoms with Crippen molar-refractivity contribution in [1.82, 2.24) is 10.3 Å². The van der Waals surface area contributed by atoms with Crippen LogP contribution in [-0.4, -0.2) is 22.5 Å². The summed E-state index contributed by atoms with van der Waals surface area (Å²) in [5, 5.41) is 12.5. The fourth-order valence-corrected chi connectivity index (χ4v) is 2.25. The maximum absolute atomic E-state index is 12.7. The zero-order chi connectivity index (χ0) is 17.9. The van der Waals surface area contributed by atoms with Crippen LogP contribution in [0.5, 0.6) is 0 Å². The summed E-state index contributed by atoms with van der Waals surface area (Å²) in [5.74, 6) is -0.439. The predicted molar refractivity (Wildman–Crippen MR) is 82.4 cm³/mol. The Morgan fingerprint density at radius 1 is 1.25 bits per heavy atom. The molecule has 1 amide bonds. The number of halogens is 3. The molecule has 4 nitrogen and oxygen atoms in total. The number of carbonyl (C=O) groups is 1. The molecule has 1 aromatic heterocycles. The highest BCUT2D eigenvalue weighted by Gasteiger charge is 2.30. The molecule has 2 rings (SSSR count). The quantitative estimate of drug-likeness (QED) is 0.900. The van der Waals surface area contributed by atoms with Crippen molar-refractivity contribution in [2.45, 2.75) is 26.1 Å². The minimum atomic E-state index is -4.48. The van der Waals surface area contributed by atoms with Gasteiger partial charge >= 0.3 is 6.18 Å². The second-order valence-corrected chi connectivity index (χ2v) is 5.43. The molecule has 2 N–H and O–H groups in total. The molecule has 0 radical (unpaired) electrons. The molecule has 0 bridgehead atoms. The zero-order valence-corrected chi connectivity index (χ0v) is 13.2. The molecule has 0 saturated heterocycles. The highest BCUT2D eigenvalue weighted by atomic mass is 19.4. The van der Waals surface area contributed by atoms with Crippen molar-refractivity contribution in [3.63, 3.8) is 0 Å². The van der Waals surface area contributed by atoms with E-state index >= 15 is 0 Å². The van der Waals surface area contributed by atoms with Crippen LogP contribution in [0.4, 0.5) is 13.2 Å². The lowest BCUT2D eigenvalue weighted by molar-refractivity contribution is -0.137. The number of nitrogens with one attached hydrogen (secondary N) is 1. The molecule has 0 fully saturated rings. The molecule has 7 heteroatoms. The Labute approximate surface area is 137 Å². The van der Waals surface area contributed by atoms with Crippen molar-refractivity contribution in [2.24, 2.45) is 0 Å². The summed E-state index contributed by atoms with van der Waals surface area (Å²) >= 11 is 0. The van der Waals surface area contributed by atoms with Gasteiger partial charge in [-0.15, -0.1) is 0 Å². The molecule has 0 spiro atoms. The highest BCUT2D eigenvalue weighted by molar-refractivity contribution is 5.95. The number of aliphatic hydroxyl groups is 1. The van der Waals surface area contributed by atoms with Crippen molar-refractivity contribution >= 4 is 5.91 Å². The molecule has 1 aromatic carbocycles. The van der Waals surface area contributed by atoms with E-state index in [4.69, 9.17) is 0 Å². The standard InChI is InChI=1S/C17H17F3N2O2/c1-10-6-7-14(11(2)22-10)16(24)21-9-15(23)12-4-3-5-13(8-12)17(18,19)20/h3-8,15,23H,9H2,1-2H3,(H,21,24)/t15-/m1/s1. The minimum Gasteiger partial charge on any atom is -0.387 e. The molecule has 1 heterocycles. The first-order valence-corrected chi connectivity index (χ1v) is 7.26. The summed E-state index contributed by atoms with van der Waals surface area (Å²) in [6, 6.07) is 7.70. The third-order valence-corrected chi connectivity index (χ3v) is 3.52. The number of amides is 1. The second-order valence-electron chi connectivity index (χ2n) is 5.43. The van der Waals surface area contributed by atoms with Crippen LogP contribution >= 0.6 is 0 Å². The smallest absolute Gasteiger partial charge is 0.387 e. The molecule has 1 atom stereocenters. The van der Waals surface area contributed by atoms with E-state index in [9.17, 15) is 23.1 Å². The maximum atomic E-state index is 12.7. The van der Waals surface area contributed by atoms with Gasteiger partial charge in [-0.05, 0) is 43.7 Å². The lowest BCUT2D eigenvalue weighted by Crippen LogP contribution is -2.29. The van der Waals surface area contributed by atoms with Crippen molar-refractivity contribution < 1.29 is 23.1 Å². The van der Waals surface area contributed by atoms with Crippen LogP contribution in [0.1, 0.15) is 39.0 Å². The van der Waals surface area contributed by atoms with Gasteiger partial charge in [-0.2, -0.15) is 13.2 Å². The highest BCUT2D eigenvalue weighted by Crippen LogP contribution is 2.30. The van der Waals surface area contributed by atoms with Crippen molar-refractivity contribution in [3.8, 4) is 0 Å². The number of aromatic nitrogens is 1. The predicted octanol–water partition coefficient (Wildman–Crippen LogP) is 3.18. The lowest BCUT2D eigenvalue weighted by atomic mass is 10.1. The van der Waals surface area contributed by atoms with Gasteiger partial charge in [-0.3, -0.25) is 9.78 Å².